The van der Waals surface area contributed by atoms with E-state index >= 15 is 0 Å². The van der Waals surface area contributed by atoms with Crippen molar-refractivity contribution in [1.82, 2.24) is 4.98 Å². The molecule has 1 aromatic heterocycles. The summed E-state index contributed by atoms with van der Waals surface area (Å²) in [5, 5.41) is 2.85. The standard InChI is InChI=1S/C25H27N3O4S/c1-19(29)22-5-3-6-24(18-22)28(33(2,31)32)16-4-7-25(30)27-23-10-8-20(9-11-23)17-21-12-14-26-15-13-21/h3,5-6,8-15,18H,4,7,16-17H2,1-2H3,(H,27,30). The number of hydrogen-bond acceptors (Lipinski definition) is 5. The summed E-state index contributed by atoms with van der Waals surface area (Å²) >= 11 is 0. The maximum atomic E-state index is 12.4. The van der Waals surface area contributed by atoms with Gasteiger partial charge in [-0.15, -0.1) is 0 Å². The van der Waals surface area contributed by atoms with Crippen molar-refractivity contribution in [2.75, 3.05) is 22.4 Å². The van der Waals surface area contributed by atoms with E-state index in [4.69, 9.17) is 0 Å². The molecule has 1 heterocycles. The van der Waals surface area contributed by atoms with E-state index in [0.29, 0.717) is 23.4 Å². The minimum absolute atomic E-state index is 0.137. The van der Waals surface area contributed by atoms with Crippen LogP contribution in [0, 0.1) is 0 Å². The van der Waals surface area contributed by atoms with Gasteiger partial charge in [0.15, 0.2) is 5.78 Å². The van der Waals surface area contributed by atoms with Gasteiger partial charge in [-0.3, -0.25) is 18.9 Å². The number of pyridine rings is 1. The predicted molar refractivity (Wildman–Crippen MR) is 130 cm³/mol. The maximum absolute atomic E-state index is 12.4. The Bertz CT molecular complexity index is 1210. The molecule has 1 amide bonds. The van der Waals surface area contributed by atoms with Crippen molar-refractivity contribution in [1.29, 1.82) is 0 Å². The summed E-state index contributed by atoms with van der Waals surface area (Å²) in [5.41, 5.74) is 3.82. The van der Waals surface area contributed by atoms with Crippen LogP contribution in [0.2, 0.25) is 0 Å². The minimum atomic E-state index is -3.56. The van der Waals surface area contributed by atoms with Gasteiger partial charge in [0.05, 0.1) is 11.9 Å². The number of amides is 1. The first-order valence-electron chi connectivity index (χ1n) is 10.6. The fraction of sp³-hybridized carbons (Fsp3) is 0.240. The molecule has 0 bridgehead atoms. The van der Waals surface area contributed by atoms with Gasteiger partial charge < -0.3 is 5.32 Å². The average Bonchev–Trinajstić information content (AvgIpc) is 2.78. The molecule has 0 saturated carbocycles. The number of anilines is 2. The highest BCUT2D eigenvalue weighted by Crippen LogP contribution is 2.20. The van der Waals surface area contributed by atoms with Crippen molar-refractivity contribution in [2.24, 2.45) is 0 Å². The van der Waals surface area contributed by atoms with Crippen molar-refractivity contribution < 1.29 is 18.0 Å². The highest BCUT2D eigenvalue weighted by molar-refractivity contribution is 7.92. The molecule has 8 heteroatoms. The summed E-state index contributed by atoms with van der Waals surface area (Å²) in [7, 11) is -3.56. The summed E-state index contributed by atoms with van der Waals surface area (Å²) < 4.78 is 25.8. The zero-order valence-electron chi connectivity index (χ0n) is 18.7. The van der Waals surface area contributed by atoms with Gasteiger partial charge in [0, 0.05) is 36.6 Å². The molecular formula is C25H27N3O4S. The normalized spacial score (nSPS) is 11.1. The van der Waals surface area contributed by atoms with Crippen LogP contribution in [-0.2, 0) is 21.2 Å². The largest absolute Gasteiger partial charge is 0.326 e. The van der Waals surface area contributed by atoms with Crippen molar-refractivity contribution in [3.8, 4) is 0 Å². The van der Waals surface area contributed by atoms with E-state index < -0.39 is 10.0 Å². The Balaban J connectivity index is 1.55. The summed E-state index contributed by atoms with van der Waals surface area (Å²) in [6.07, 6.45) is 5.91. The summed E-state index contributed by atoms with van der Waals surface area (Å²) in [6.45, 7) is 1.57. The van der Waals surface area contributed by atoms with E-state index in [-0.39, 0.29) is 24.7 Å². The number of rotatable bonds is 10. The molecule has 33 heavy (non-hydrogen) atoms. The first kappa shape index (κ1) is 24.1. The lowest BCUT2D eigenvalue weighted by Gasteiger charge is -2.22. The lowest BCUT2D eigenvalue weighted by molar-refractivity contribution is -0.116. The highest BCUT2D eigenvalue weighted by Gasteiger charge is 2.18. The third-order valence-corrected chi connectivity index (χ3v) is 6.30. The Kier molecular flexibility index (Phi) is 7.95. The van der Waals surface area contributed by atoms with E-state index in [1.54, 1.807) is 36.7 Å². The Labute approximate surface area is 194 Å². The molecule has 0 fully saturated rings. The van der Waals surface area contributed by atoms with Gasteiger partial charge in [0.25, 0.3) is 0 Å². The number of nitrogens with one attached hydrogen (secondary N) is 1. The van der Waals surface area contributed by atoms with Crippen LogP contribution < -0.4 is 9.62 Å². The lowest BCUT2D eigenvalue weighted by atomic mass is 10.1. The van der Waals surface area contributed by atoms with Crippen LogP contribution in [0.3, 0.4) is 0 Å². The van der Waals surface area contributed by atoms with Crippen molar-refractivity contribution in [3.63, 3.8) is 0 Å². The molecule has 0 unspecified atom stereocenters. The van der Waals surface area contributed by atoms with Crippen LogP contribution in [0.25, 0.3) is 0 Å². The zero-order valence-corrected chi connectivity index (χ0v) is 19.5. The molecule has 0 spiro atoms. The first-order valence-corrected chi connectivity index (χ1v) is 12.4. The Hall–Kier alpha value is -3.52. The van der Waals surface area contributed by atoms with Gasteiger partial charge in [-0.2, -0.15) is 0 Å². The van der Waals surface area contributed by atoms with Crippen LogP contribution in [0.5, 0.6) is 0 Å². The SMILES string of the molecule is CC(=O)c1cccc(N(CCCC(=O)Nc2ccc(Cc3ccncc3)cc2)S(C)(=O)=O)c1. The van der Waals surface area contributed by atoms with Crippen molar-refractivity contribution >= 4 is 33.1 Å². The molecule has 0 atom stereocenters. The molecule has 3 aromatic rings. The molecular weight excluding hydrogens is 438 g/mol. The van der Waals surface area contributed by atoms with Gasteiger partial charge in [-0.1, -0.05) is 24.3 Å². The van der Waals surface area contributed by atoms with Crippen LogP contribution in [-0.4, -0.2) is 37.9 Å². The molecule has 1 N–H and O–H groups in total. The van der Waals surface area contributed by atoms with Gasteiger partial charge >= 0.3 is 0 Å². The second kappa shape index (κ2) is 10.9. The maximum Gasteiger partial charge on any atom is 0.232 e. The van der Waals surface area contributed by atoms with Gasteiger partial charge in [-0.05, 0) is 67.3 Å². The Morgan fingerprint density at radius 2 is 1.64 bits per heavy atom. The quantitative estimate of drug-likeness (QED) is 0.456. The molecule has 0 aliphatic heterocycles. The molecule has 2 aromatic carbocycles. The van der Waals surface area contributed by atoms with E-state index in [2.05, 4.69) is 10.3 Å². The lowest BCUT2D eigenvalue weighted by Crippen LogP contribution is -2.31. The molecule has 172 valence electrons. The zero-order chi connectivity index (χ0) is 23.8. The predicted octanol–water partition coefficient (Wildman–Crippen LogP) is 4.06. The van der Waals surface area contributed by atoms with Gasteiger partial charge in [0.2, 0.25) is 15.9 Å². The number of hydrogen-bond donors (Lipinski definition) is 1. The van der Waals surface area contributed by atoms with Crippen LogP contribution >= 0.6 is 0 Å². The van der Waals surface area contributed by atoms with Gasteiger partial charge in [-0.25, -0.2) is 8.42 Å². The summed E-state index contributed by atoms with van der Waals surface area (Å²) in [5.74, 6) is -0.334. The molecule has 0 aliphatic rings. The van der Waals surface area contributed by atoms with Crippen LogP contribution in [0.15, 0.2) is 73.1 Å². The number of sulfonamides is 1. The Morgan fingerprint density at radius 1 is 0.970 bits per heavy atom. The van der Waals surface area contributed by atoms with E-state index in [0.717, 1.165) is 23.8 Å². The fourth-order valence-corrected chi connectivity index (χ4v) is 4.37. The third kappa shape index (κ3) is 7.25. The summed E-state index contributed by atoms with van der Waals surface area (Å²) in [4.78, 5) is 28.0. The van der Waals surface area contributed by atoms with Crippen molar-refractivity contribution in [2.45, 2.75) is 26.2 Å². The molecule has 3 rings (SSSR count). The topological polar surface area (TPSA) is 96.4 Å². The minimum Gasteiger partial charge on any atom is -0.326 e. The van der Waals surface area contributed by atoms with E-state index in [1.807, 2.05) is 36.4 Å². The van der Waals surface area contributed by atoms with Crippen LogP contribution in [0.1, 0.15) is 41.3 Å². The second-order valence-electron chi connectivity index (χ2n) is 7.82. The first-order chi connectivity index (χ1) is 15.7. The number of benzene rings is 2. The molecule has 0 aliphatic carbocycles. The number of aromatic nitrogens is 1. The third-order valence-electron chi connectivity index (χ3n) is 5.10. The highest BCUT2D eigenvalue weighted by atomic mass is 32.2. The smallest absolute Gasteiger partial charge is 0.232 e. The monoisotopic (exact) mass is 465 g/mol. The number of carbonyl (C=O) groups excluding carboxylic acids is 2. The number of carbonyl (C=O) groups is 2. The molecule has 7 nitrogen and oxygen atoms in total. The second-order valence-corrected chi connectivity index (χ2v) is 9.73. The number of ketones is 1. The van der Waals surface area contributed by atoms with Crippen LogP contribution in [0.4, 0.5) is 11.4 Å². The fourth-order valence-electron chi connectivity index (χ4n) is 3.42. The van der Waals surface area contributed by atoms with E-state index in [1.165, 1.54) is 11.2 Å². The summed E-state index contributed by atoms with van der Waals surface area (Å²) in [6, 6.07) is 18.0. The number of Topliss-reactive ketones (excluding diaryl/α,β-unsaturated/α-hetero) is 1. The molecule has 0 saturated heterocycles. The van der Waals surface area contributed by atoms with Crippen molar-refractivity contribution in [3.05, 3.63) is 89.7 Å². The molecule has 0 radical (unpaired) electrons. The van der Waals surface area contributed by atoms with Gasteiger partial charge in [0.1, 0.15) is 0 Å². The number of nitrogens with zero attached hydrogens (tertiary/aromatic N) is 2. The van der Waals surface area contributed by atoms with E-state index in [9.17, 15) is 18.0 Å². The Morgan fingerprint density at radius 3 is 2.27 bits per heavy atom. The average molecular weight is 466 g/mol.